The molecule has 1 aromatic heterocycles. The number of nitrogens with zero attached hydrogens (tertiary/aromatic N) is 3. The molecule has 0 spiro atoms. The highest BCUT2D eigenvalue weighted by Gasteiger charge is 2.31. The maximum atomic E-state index is 13.1. The smallest absolute Gasteiger partial charge is 0.276 e. The molecule has 5 rings (SSSR count). The van der Waals surface area contributed by atoms with Gasteiger partial charge in [0, 0.05) is 30.9 Å². The molecule has 0 saturated carbocycles. The summed E-state index contributed by atoms with van der Waals surface area (Å²) in [6.07, 6.45) is 3.51. The largest absolute Gasteiger partial charge is 0.306 e. The molecule has 31 heavy (non-hydrogen) atoms. The number of aromatic nitrogens is 2. The van der Waals surface area contributed by atoms with Crippen molar-refractivity contribution >= 4 is 21.6 Å². The lowest BCUT2D eigenvalue weighted by atomic mass is 10.1. The summed E-state index contributed by atoms with van der Waals surface area (Å²) in [5, 5.41) is 7.12. The number of piperidine rings is 1. The first-order valence-corrected chi connectivity index (χ1v) is 12.0. The van der Waals surface area contributed by atoms with Gasteiger partial charge in [-0.3, -0.25) is 9.89 Å². The van der Waals surface area contributed by atoms with Crippen molar-refractivity contribution in [1.82, 2.24) is 14.5 Å². The number of aromatic amines is 1. The number of nitrogens with one attached hydrogen (secondary N) is 1. The topological polar surface area (TPSA) is 86.4 Å². The van der Waals surface area contributed by atoms with Crippen LogP contribution in [0.1, 0.15) is 35.3 Å². The van der Waals surface area contributed by atoms with Crippen LogP contribution in [-0.4, -0.2) is 48.5 Å². The Kier molecular flexibility index (Phi) is 5.11. The molecule has 0 aliphatic carbocycles. The second-order valence-corrected chi connectivity index (χ2v) is 9.93. The number of fused-ring (bicyclic) bond motifs is 1. The van der Waals surface area contributed by atoms with Gasteiger partial charge in [-0.05, 0) is 49.1 Å². The summed E-state index contributed by atoms with van der Waals surface area (Å²) in [5.74, 6) is -0.167. The molecule has 160 valence electrons. The summed E-state index contributed by atoms with van der Waals surface area (Å²) < 4.78 is 27.6. The van der Waals surface area contributed by atoms with E-state index in [1.165, 1.54) is 0 Å². The number of carbonyl (C=O) groups excluding carboxylic acids is 1. The van der Waals surface area contributed by atoms with Gasteiger partial charge in [0.05, 0.1) is 10.6 Å². The van der Waals surface area contributed by atoms with Crippen LogP contribution < -0.4 is 4.90 Å². The first-order valence-electron chi connectivity index (χ1n) is 10.6. The van der Waals surface area contributed by atoms with Gasteiger partial charge in [-0.1, -0.05) is 36.8 Å². The van der Waals surface area contributed by atoms with E-state index in [1.54, 1.807) is 33.5 Å². The fraction of sp³-hybridized carbons (Fsp3) is 0.304. The zero-order valence-electron chi connectivity index (χ0n) is 17.1. The van der Waals surface area contributed by atoms with Crippen molar-refractivity contribution < 1.29 is 13.2 Å². The third-order valence-electron chi connectivity index (χ3n) is 6.02. The van der Waals surface area contributed by atoms with E-state index in [0.29, 0.717) is 42.3 Å². The van der Waals surface area contributed by atoms with Crippen molar-refractivity contribution in [1.29, 1.82) is 0 Å². The van der Waals surface area contributed by atoms with E-state index in [9.17, 15) is 13.2 Å². The van der Waals surface area contributed by atoms with Gasteiger partial charge in [-0.2, -0.15) is 9.40 Å². The van der Waals surface area contributed by atoms with Crippen LogP contribution in [0.25, 0.3) is 11.3 Å². The highest BCUT2D eigenvalue weighted by molar-refractivity contribution is 7.89. The number of anilines is 1. The fourth-order valence-corrected chi connectivity index (χ4v) is 5.91. The van der Waals surface area contributed by atoms with E-state index < -0.39 is 10.0 Å². The number of amides is 1. The Morgan fingerprint density at radius 2 is 1.71 bits per heavy atom. The van der Waals surface area contributed by atoms with Crippen molar-refractivity contribution in [3.8, 4) is 11.3 Å². The predicted molar refractivity (Wildman–Crippen MR) is 118 cm³/mol. The lowest BCUT2D eigenvalue weighted by molar-refractivity contribution is 0.0984. The molecule has 1 fully saturated rings. The molecule has 1 N–H and O–H groups in total. The average molecular weight is 437 g/mol. The predicted octanol–water partition coefficient (Wildman–Crippen LogP) is 3.45. The van der Waals surface area contributed by atoms with Gasteiger partial charge >= 0.3 is 0 Å². The minimum absolute atomic E-state index is 0.167. The van der Waals surface area contributed by atoms with E-state index in [4.69, 9.17) is 0 Å². The monoisotopic (exact) mass is 436 g/mol. The third kappa shape index (κ3) is 3.66. The van der Waals surface area contributed by atoms with Crippen LogP contribution in [0.5, 0.6) is 0 Å². The van der Waals surface area contributed by atoms with Crippen molar-refractivity contribution in [2.75, 3.05) is 24.5 Å². The number of benzene rings is 2. The molecular formula is C23H24N4O3S. The molecule has 2 aromatic carbocycles. The summed E-state index contributed by atoms with van der Waals surface area (Å²) in [4.78, 5) is 15.1. The molecule has 2 aliphatic rings. The van der Waals surface area contributed by atoms with Crippen LogP contribution in [-0.2, 0) is 16.4 Å². The number of hydrogen-bond acceptors (Lipinski definition) is 4. The molecule has 0 radical (unpaired) electrons. The Morgan fingerprint density at radius 3 is 2.48 bits per heavy atom. The number of hydrogen-bond donors (Lipinski definition) is 1. The normalized spacial score (nSPS) is 17.0. The van der Waals surface area contributed by atoms with Crippen LogP contribution >= 0.6 is 0 Å². The van der Waals surface area contributed by atoms with Crippen molar-refractivity contribution in [3.63, 3.8) is 0 Å². The molecule has 2 aliphatic heterocycles. The van der Waals surface area contributed by atoms with Crippen molar-refractivity contribution in [2.24, 2.45) is 0 Å². The van der Waals surface area contributed by atoms with Crippen LogP contribution in [0.4, 0.5) is 5.69 Å². The van der Waals surface area contributed by atoms with E-state index in [0.717, 1.165) is 36.1 Å². The van der Waals surface area contributed by atoms with Gasteiger partial charge in [-0.25, -0.2) is 8.42 Å². The molecule has 8 heteroatoms. The molecular weight excluding hydrogens is 412 g/mol. The standard InChI is InChI=1S/C23H24N4O3S/c28-23(21-16-20(24-25-21)17-7-3-1-4-8-17)27-14-11-18-15-19(9-10-22(18)27)31(29,30)26-12-5-2-6-13-26/h1,3-4,7-10,15-16H,2,5-6,11-14H2,(H,24,25). The summed E-state index contributed by atoms with van der Waals surface area (Å²) in [7, 11) is -3.49. The first-order chi connectivity index (χ1) is 15.0. The maximum absolute atomic E-state index is 13.1. The Labute approximate surface area is 181 Å². The molecule has 3 heterocycles. The van der Waals surface area contributed by atoms with Gasteiger partial charge in [0.15, 0.2) is 0 Å². The molecule has 7 nitrogen and oxygen atoms in total. The van der Waals surface area contributed by atoms with E-state index >= 15 is 0 Å². The van der Waals surface area contributed by atoms with E-state index in [-0.39, 0.29) is 5.91 Å². The average Bonchev–Trinajstić information content (AvgIpc) is 3.47. The number of H-pyrrole nitrogens is 1. The van der Waals surface area contributed by atoms with E-state index in [1.807, 2.05) is 30.3 Å². The first kappa shape index (κ1) is 20.0. The molecule has 1 amide bonds. The zero-order valence-corrected chi connectivity index (χ0v) is 17.9. The number of sulfonamides is 1. The molecule has 3 aromatic rings. The Balaban J connectivity index is 1.39. The molecule has 0 bridgehead atoms. The summed E-state index contributed by atoms with van der Waals surface area (Å²) in [6, 6.07) is 16.5. The summed E-state index contributed by atoms with van der Waals surface area (Å²) in [6.45, 7) is 1.67. The zero-order chi connectivity index (χ0) is 21.4. The van der Waals surface area contributed by atoms with Crippen LogP contribution in [0.15, 0.2) is 59.5 Å². The lowest BCUT2D eigenvalue weighted by Gasteiger charge is -2.26. The second-order valence-electron chi connectivity index (χ2n) is 7.99. The SMILES string of the molecule is O=C(c1cc(-c2ccccc2)n[nH]1)N1CCc2cc(S(=O)(=O)N3CCCCC3)ccc21. The Bertz CT molecular complexity index is 1210. The van der Waals surface area contributed by atoms with Gasteiger partial charge < -0.3 is 4.90 Å². The summed E-state index contributed by atoms with van der Waals surface area (Å²) in [5.41, 5.74) is 3.71. The van der Waals surface area contributed by atoms with Gasteiger partial charge in [0.2, 0.25) is 10.0 Å². The minimum atomic E-state index is -3.49. The minimum Gasteiger partial charge on any atom is -0.306 e. The highest BCUT2D eigenvalue weighted by atomic mass is 32.2. The van der Waals surface area contributed by atoms with Gasteiger partial charge in [0.1, 0.15) is 5.69 Å². The molecule has 0 unspecified atom stereocenters. The molecule has 1 saturated heterocycles. The fourth-order valence-electron chi connectivity index (χ4n) is 4.34. The summed E-state index contributed by atoms with van der Waals surface area (Å²) >= 11 is 0. The number of rotatable bonds is 4. The van der Waals surface area contributed by atoms with Crippen LogP contribution in [0.2, 0.25) is 0 Å². The lowest BCUT2D eigenvalue weighted by Crippen LogP contribution is -2.35. The van der Waals surface area contributed by atoms with Crippen LogP contribution in [0, 0.1) is 0 Å². The second kappa shape index (κ2) is 7.94. The van der Waals surface area contributed by atoms with Gasteiger partial charge in [0.25, 0.3) is 5.91 Å². The van der Waals surface area contributed by atoms with Crippen molar-refractivity contribution in [3.05, 3.63) is 65.9 Å². The third-order valence-corrected chi connectivity index (χ3v) is 7.92. The quantitative estimate of drug-likeness (QED) is 0.679. The highest BCUT2D eigenvalue weighted by Crippen LogP contribution is 2.33. The Hall–Kier alpha value is -2.97. The number of carbonyl (C=O) groups is 1. The Morgan fingerprint density at radius 1 is 0.935 bits per heavy atom. The van der Waals surface area contributed by atoms with E-state index in [2.05, 4.69) is 10.2 Å². The molecule has 0 atom stereocenters. The maximum Gasteiger partial charge on any atom is 0.276 e. The van der Waals surface area contributed by atoms with Crippen LogP contribution in [0.3, 0.4) is 0 Å². The van der Waals surface area contributed by atoms with Gasteiger partial charge in [-0.15, -0.1) is 0 Å². The van der Waals surface area contributed by atoms with Crippen molar-refractivity contribution in [2.45, 2.75) is 30.6 Å².